The number of carbonyl (C=O) groups excluding carboxylic acids is 2. The lowest BCUT2D eigenvalue weighted by atomic mass is 9.86. The van der Waals surface area contributed by atoms with Gasteiger partial charge < -0.3 is 14.8 Å². The first-order valence-electron chi connectivity index (χ1n) is 13.6. The second-order valence-corrected chi connectivity index (χ2v) is 13.1. The van der Waals surface area contributed by atoms with Gasteiger partial charge in [0.05, 0.1) is 11.0 Å². The topological polar surface area (TPSA) is 67.2 Å². The molecule has 1 N–H and O–H groups in total. The zero-order valence-corrected chi connectivity index (χ0v) is 23.2. The average molecular weight is 517 g/mol. The first-order valence-corrected chi connectivity index (χ1v) is 13.6. The molecule has 2 heterocycles. The monoisotopic (exact) mass is 516 g/mol. The van der Waals surface area contributed by atoms with Gasteiger partial charge in [0.2, 0.25) is 11.8 Å². The molecule has 1 saturated heterocycles. The Bertz CT molecular complexity index is 1140. The number of piperidine rings is 1. The normalized spacial score (nSPS) is 19.8. The Hall–Kier alpha value is -2.51. The Morgan fingerprint density at radius 2 is 1.65 bits per heavy atom. The number of alkyl halides is 2. The van der Waals surface area contributed by atoms with Crippen molar-refractivity contribution in [3.8, 4) is 0 Å². The Morgan fingerprint density at radius 1 is 1.03 bits per heavy atom. The largest absolute Gasteiger partial charge is 0.351 e. The van der Waals surface area contributed by atoms with Crippen molar-refractivity contribution in [3.05, 3.63) is 29.6 Å². The van der Waals surface area contributed by atoms with E-state index in [-0.39, 0.29) is 47.4 Å². The van der Waals surface area contributed by atoms with Gasteiger partial charge in [0.25, 0.3) is 5.91 Å². The van der Waals surface area contributed by atoms with Crippen LogP contribution >= 0.6 is 0 Å². The standard InChI is InChI=1S/C29H42F2N4O2/c1-27(2,3)26-32-22-17-21(7-8-23(22)35(26)18-19-9-13-29(30,31)14-10-19)25(37)34-15-11-20(12-16-34)24(36)33-28(4,5)6/h7-8,17,19-20H,9-16,18H2,1-6H3,(H,33,36). The number of rotatable bonds is 4. The number of nitrogens with zero attached hydrogens (tertiary/aromatic N) is 3. The van der Waals surface area contributed by atoms with E-state index in [2.05, 4.69) is 30.7 Å². The molecule has 1 aliphatic carbocycles. The molecule has 2 aromatic rings. The van der Waals surface area contributed by atoms with E-state index < -0.39 is 5.92 Å². The van der Waals surface area contributed by atoms with Gasteiger partial charge in [-0.2, -0.15) is 0 Å². The third-order valence-corrected chi connectivity index (χ3v) is 7.59. The number of likely N-dealkylation sites (tertiary alicyclic amines) is 1. The lowest BCUT2D eigenvalue weighted by Gasteiger charge is -2.33. The summed E-state index contributed by atoms with van der Waals surface area (Å²) in [6.07, 6.45) is 2.22. The van der Waals surface area contributed by atoms with Crippen LogP contribution in [0.15, 0.2) is 18.2 Å². The highest BCUT2D eigenvalue weighted by molar-refractivity contribution is 5.97. The molecule has 1 saturated carbocycles. The molecule has 0 radical (unpaired) electrons. The first kappa shape index (κ1) is 27.5. The van der Waals surface area contributed by atoms with E-state index in [0.29, 0.717) is 50.9 Å². The van der Waals surface area contributed by atoms with Gasteiger partial charge in [-0.25, -0.2) is 13.8 Å². The molecule has 0 unspecified atom stereocenters. The van der Waals surface area contributed by atoms with Crippen molar-refractivity contribution in [2.75, 3.05) is 13.1 Å². The molecule has 2 amide bonds. The summed E-state index contributed by atoms with van der Waals surface area (Å²) in [6, 6.07) is 5.66. The van der Waals surface area contributed by atoms with Crippen LogP contribution in [0.5, 0.6) is 0 Å². The number of carbonyl (C=O) groups is 2. The molecule has 1 aliphatic heterocycles. The van der Waals surface area contributed by atoms with E-state index in [9.17, 15) is 18.4 Å². The van der Waals surface area contributed by atoms with Crippen molar-refractivity contribution in [2.45, 2.75) is 103 Å². The number of fused-ring (bicyclic) bond motifs is 1. The van der Waals surface area contributed by atoms with E-state index in [0.717, 1.165) is 16.9 Å². The fourth-order valence-corrected chi connectivity index (χ4v) is 5.56. The SMILES string of the molecule is CC(C)(C)NC(=O)C1CCN(C(=O)c2ccc3c(c2)nc(C(C)(C)C)n3CC2CCC(F)(F)CC2)CC1. The summed E-state index contributed by atoms with van der Waals surface area (Å²) in [5, 5.41) is 3.05. The molecule has 204 valence electrons. The number of halogens is 2. The van der Waals surface area contributed by atoms with Crippen LogP contribution in [0, 0.1) is 11.8 Å². The Balaban J connectivity index is 1.50. The first-order chi connectivity index (χ1) is 17.1. The fourth-order valence-electron chi connectivity index (χ4n) is 5.56. The van der Waals surface area contributed by atoms with Crippen LogP contribution in [0.4, 0.5) is 8.78 Å². The number of benzene rings is 1. The highest BCUT2D eigenvalue weighted by Gasteiger charge is 2.36. The van der Waals surface area contributed by atoms with Crippen LogP contribution in [0.25, 0.3) is 11.0 Å². The molecular formula is C29H42F2N4O2. The second kappa shape index (κ2) is 9.99. The van der Waals surface area contributed by atoms with E-state index in [1.807, 2.05) is 43.9 Å². The molecule has 2 aliphatic rings. The van der Waals surface area contributed by atoms with E-state index in [1.165, 1.54) is 0 Å². The maximum Gasteiger partial charge on any atom is 0.253 e. The van der Waals surface area contributed by atoms with Gasteiger partial charge in [-0.15, -0.1) is 0 Å². The fraction of sp³-hybridized carbons (Fsp3) is 0.690. The quantitative estimate of drug-likeness (QED) is 0.548. The van der Waals surface area contributed by atoms with Crippen molar-refractivity contribution < 1.29 is 18.4 Å². The minimum atomic E-state index is -2.54. The summed E-state index contributed by atoms with van der Waals surface area (Å²) in [5.74, 6) is -1.50. The van der Waals surface area contributed by atoms with Gasteiger partial charge in [0.1, 0.15) is 5.82 Å². The third kappa shape index (κ3) is 6.50. The van der Waals surface area contributed by atoms with Gasteiger partial charge >= 0.3 is 0 Å². The van der Waals surface area contributed by atoms with Crippen molar-refractivity contribution in [1.29, 1.82) is 0 Å². The summed E-state index contributed by atoms with van der Waals surface area (Å²) >= 11 is 0. The molecule has 0 spiro atoms. The smallest absolute Gasteiger partial charge is 0.253 e. The van der Waals surface area contributed by atoms with Crippen LogP contribution in [-0.4, -0.2) is 50.8 Å². The molecule has 0 atom stereocenters. The van der Waals surface area contributed by atoms with Crippen LogP contribution in [-0.2, 0) is 16.8 Å². The Kier molecular flexibility index (Phi) is 7.43. The molecule has 1 aromatic heterocycles. The Morgan fingerprint density at radius 3 is 2.22 bits per heavy atom. The molecular weight excluding hydrogens is 474 g/mol. The minimum absolute atomic E-state index is 0.0436. The van der Waals surface area contributed by atoms with Crippen LogP contribution in [0.2, 0.25) is 0 Å². The van der Waals surface area contributed by atoms with Crippen molar-refractivity contribution in [2.24, 2.45) is 11.8 Å². The zero-order chi connectivity index (χ0) is 27.2. The minimum Gasteiger partial charge on any atom is -0.351 e. The molecule has 8 heteroatoms. The summed E-state index contributed by atoms with van der Waals surface area (Å²) in [7, 11) is 0. The van der Waals surface area contributed by atoms with Crippen molar-refractivity contribution in [3.63, 3.8) is 0 Å². The van der Waals surface area contributed by atoms with E-state index in [1.54, 1.807) is 0 Å². The predicted octanol–water partition coefficient (Wildman–Crippen LogP) is 5.93. The second-order valence-electron chi connectivity index (χ2n) is 13.1. The molecule has 0 bridgehead atoms. The number of hydrogen-bond donors (Lipinski definition) is 1. The Labute approximate surface area is 219 Å². The van der Waals surface area contributed by atoms with Crippen molar-refractivity contribution in [1.82, 2.24) is 19.8 Å². The summed E-state index contributed by atoms with van der Waals surface area (Å²) in [4.78, 5) is 32.6. The number of amides is 2. The van der Waals surface area contributed by atoms with E-state index in [4.69, 9.17) is 4.98 Å². The molecule has 6 nitrogen and oxygen atoms in total. The number of imidazole rings is 1. The number of nitrogens with one attached hydrogen (secondary N) is 1. The lowest BCUT2D eigenvalue weighted by Crippen LogP contribution is -2.47. The lowest BCUT2D eigenvalue weighted by molar-refractivity contribution is -0.127. The zero-order valence-electron chi connectivity index (χ0n) is 23.2. The van der Waals surface area contributed by atoms with Gasteiger partial charge in [-0.1, -0.05) is 20.8 Å². The molecule has 4 rings (SSSR count). The van der Waals surface area contributed by atoms with Gasteiger partial charge in [-0.05, 0) is 70.6 Å². The highest BCUT2D eigenvalue weighted by Crippen LogP contribution is 2.38. The maximum absolute atomic E-state index is 13.7. The predicted molar refractivity (Wildman–Crippen MR) is 142 cm³/mol. The van der Waals surface area contributed by atoms with Gasteiger partial charge in [0, 0.05) is 54.9 Å². The summed E-state index contributed by atoms with van der Waals surface area (Å²) in [6.45, 7) is 14.0. The number of aromatic nitrogens is 2. The third-order valence-electron chi connectivity index (χ3n) is 7.59. The summed E-state index contributed by atoms with van der Waals surface area (Å²) < 4.78 is 29.6. The van der Waals surface area contributed by atoms with Crippen LogP contribution in [0.3, 0.4) is 0 Å². The van der Waals surface area contributed by atoms with Crippen molar-refractivity contribution >= 4 is 22.8 Å². The van der Waals surface area contributed by atoms with Gasteiger partial charge in [0.15, 0.2) is 0 Å². The van der Waals surface area contributed by atoms with Gasteiger partial charge in [-0.3, -0.25) is 9.59 Å². The molecule has 2 fully saturated rings. The average Bonchev–Trinajstić information content (AvgIpc) is 3.17. The highest BCUT2D eigenvalue weighted by atomic mass is 19.3. The van der Waals surface area contributed by atoms with Crippen LogP contribution < -0.4 is 5.32 Å². The number of hydrogen-bond acceptors (Lipinski definition) is 3. The van der Waals surface area contributed by atoms with E-state index >= 15 is 0 Å². The maximum atomic E-state index is 13.7. The van der Waals surface area contributed by atoms with Crippen LogP contribution in [0.1, 0.15) is 96.2 Å². The summed E-state index contributed by atoms with van der Waals surface area (Å²) in [5.41, 5.74) is 1.80. The molecule has 37 heavy (non-hydrogen) atoms. The molecule has 1 aromatic carbocycles.